The summed E-state index contributed by atoms with van der Waals surface area (Å²) in [6, 6.07) is 62.7. The molecule has 0 saturated heterocycles. The molecule has 2 aliphatic heterocycles. The lowest BCUT2D eigenvalue weighted by Crippen LogP contribution is -2.36. The molecule has 130 heavy (non-hydrogen) atoms. The van der Waals surface area contributed by atoms with Crippen LogP contribution >= 0.6 is 0 Å². The Hall–Kier alpha value is -11.2. The van der Waals surface area contributed by atoms with Gasteiger partial charge in [-0.05, 0) is 178 Å². The number of rotatable bonds is 5. The van der Waals surface area contributed by atoms with Gasteiger partial charge in [-0.25, -0.2) is 13.7 Å². The van der Waals surface area contributed by atoms with Crippen molar-refractivity contribution in [2.75, 3.05) is 28.8 Å². The van der Waals surface area contributed by atoms with E-state index in [1.807, 2.05) is 204 Å². The highest BCUT2D eigenvalue weighted by atomic mass is 16.3. The van der Waals surface area contributed by atoms with Gasteiger partial charge in [-0.1, -0.05) is 307 Å². The summed E-state index contributed by atoms with van der Waals surface area (Å²) in [5, 5.41) is 6.03. The molecule has 8 aromatic carbocycles. The molecule has 2 fully saturated rings. The topological polar surface area (TPSA) is 64.0 Å². The predicted octanol–water partition coefficient (Wildman–Crippen LogP) is 33.6. The van der Waals surface area contributed by atoms with Gasteiger partial charge < -0.3 is 32.9 Å². The van der Waals surface area contributed by atoms with Crippen LogP contribution in [-0.2, 0) is 40.4 Å². The maximum Gasteiger partial charge on any atom is 0.220 e. The van der Waals surface area contributed by atoms with E-state index in [4.69, 9.17) is 13.3 Å². The van der Waals surface area contributed by atoms with Crippen LogP contribution in [0.1, 0.15) is 285 Å². The Labute approximate surface area is 787 Å². The third kappa shape index (κ3) is 22.5. The number of aromatic nitrogens is 3. The van der Waals surface area contributed by atoms with Gasteiger partial charge in [0.05, 0.1) is 33.8 Å². The van der Waals surface area contributed by atoms with Crippen molar-refractivity contribution in [1.82, 2.24) is 4.90 Å². The van der Waals surface area contributed by atoms with Crippen molar-refractivity contribution in [2.45, 2.75) is 279 Å². The minimum Gasteiger partial charge on any atom is -0.459 e. The van der Waals surface area contributed by atoms with E-state index in [9.17, 15) is 0 Å². The first-order chi connectivity index (χ1) is 63.5. The zero-order valence-corrected chi connectivity index (χ0v) is 87.6. The highest BCUT2D eigenvalue weighted by Crippen LogP contribution is 2.57. The highest BCUT2D eigenvalue weighted by Gasteiger charge is 2.50. The minimum atomic E-state index is 0.372. The molecular formula is C120H166N7O3+3. The average Bonchev–Trinajstić information content (AvgIpc) is 1.57. The van der Waals surface area contributed by atoms with Gasteiger partial charge in [0.15, 0.2) is 18.6 Å². The van der Waals surface area contributed by atoms with Gasteiger partial charge in [0, 0.05) is 124 Å². The van der Waals surface area contributed by atoms with Crippen LogP contribution in [0.3, 0.4) is 0 Å². The van der Waals surface area contributed by atoms with Gasteiger partial charge in [0.2, 0.25) is 17.1 Å². The number of allylic oxidation sites excluding steroid dienone is 4. The van der Waals surface area contributed by atoms with E-state index >= 15 is 0 Å². The number of likely N-dealkylation sites (N-methyl/N-ethyl adjacent to an activating group) is 1. The molecule has 6 aromatic heterocycles. The first-order valence-corrected chi connectivity index (χ1v) is 50.3. The second-order valence-electron chi connectivity index (χ2n) is 30.7. The third-order valence-electron chi connectivity index (χ3n) is 24.0. The van der Waals surface area contributed by atoms with Gasteiger partial charge in [-0.2, -0.15) is 0 Å². The Morgan fingerprint density at radius 2 is 0.769 bits per heavy atom. The van der Waals surface area contributed by atoms with Gasteiger partial charge in [-0.15, -0.1) is 0 Å². The fourth-order valence-electron chi connectivity index (χ4n) is 17.5. The molecule has 4 unspecified atom stereocenters. The number of para-hydroxylation sites is 4. The van der Waals surface area contributed by atoms with E-state index < -0.39 is 0 Å². The van der Waals surface area contributed by atoms with Crippen LogP contribution in [-0.4, -0.2) is 31.3 Å². The predicted molar refractivity (Wildman–Crippen MR) is 570 cm³/mol. The second kappa shape index (κ2) is 51.4. The van der Waals surface area contributed by atoms with Gasteiger partial charge in [0.25, 0.3) is 0 Å². The van der Waals surface area contributed by atoms with Crippen LogP contribution in [0, 0.1) is 52.4 Å². The zero-order chi connectivity index (χ0) is 96.8. The van der Waals surface area contributed by atoms with Crippen molar-refractivity contribution >= 4 is 83.7 Å². The molecule has 14 aromatic rings. The van der Waals surface area contributed by atoms with E-state index in [-0.39, 0.29) is 0 Å². The Morgan fingerprint density at radius 1 is 0.331 bits per heavy atom. The molecule has 23 rings (SSSR count). The monoisotopic (exact) mass is 1750 g/mol. The van der Waals surface area contributed by atoms with Crippen LogP contribution in [0.2, 0.25) is 0 Å². The maximum atomic E-state index is 6.40. The summed E-state index contributed by atoms with van der Waals surface area (Å²) in [7, 11) is 10.7. The average molecular weight is 1750 g/mol. The van der Waals surface area contributed by atoms with Crippen molar-refractivity contribution in [3.05, 3.63) is 297 Å². The first-order valence-electron chi connectivity index (χ1n) is 50.3. The number of furan rings is 3. The molecule has 10 heteroatoms. The number of anilines is 4. The Kier molecular flexibility index (Phi) is 42.5. The van der Waals surface area contributed by atoms with Crippen molar-refractivity contribution in [2.24, 2.45) is 38.9 Å². The van der Waals surface area contributed by atoms with E-state index in [1.165, 1.54) is 181 Å². The lowest BCUT2D eigenvalue weighted by molar-refractivity contribution is -0.660. The molecule has 10 nitrogen and oxygen atoms in total. The standard InChI is InChI=1S/C20H18NO.2C20H16NO.C17H18N2.C17H20N2.13C2H6/c1-12-6-8-15-14-9-7-13-11-16(13)19(14)22-20(15)18(12)17-5-3-4-10-21(17)2;1-12-7-8-16-15-5-3-4-6-18(15)22-20(16)19(12)17-10-13-9-14(13)11-21(17)2;1-12-7-8-15-14-5-3-4-6-17(14)22-20(15)18(12)19-16-11-13(16)9-10-21(19)2;1-11-6-4-5-7-15(11)19-12(2)18(3)16-9-13-8-14(13)10-17(16)19;1-11-6-4-5-7-15(11)19-12(2)18(3)16-9-8-13-10-14(13)17(16)19;13*1-2/h3-10,13,16H,11H2,1-2H3;3-8,10-11H,9H2,1-2H3;3-10H,11H2,1-2H3;4-7,9-10,12H,8H2,1-3H3;4-9,12-14H,10H2,1-3H3;13*1-2H3/q3*+1;;;;;;;;;;;;;;;/t;;;12-;12-,13?,14?;;;;;;;;;;;;;/m...00............./s1. The summed E-state index contributed by atoms with van der Waals surface area (Å²) >= 11 is 0. The molecule has 0 radical (unpaired) electrons. The molecule has 0 spiro atoms. The summed E-state index contributed by atoms with van der Waals surface area (Å²) in [4.78, 5) is 9.80. The summed E-state index contributed by atoms with van der Waals surface area (Å²) in [5.41, 5.74) is 37.4. The Bertz CT molecular complexity index is 6050. The highest BCUT2D eigenvalue weighted by molar-refractivity contribution is 6.11. The quantitative estimate of drug-likeness (QED) is 0.159. The number of hydrogen-bond acceptors (Lipinski definition) is 7. The van der Waals surface area contributed by atoms with Crippen molar-refractivity contribution in [3.8, 4) is 33.8 Å². The minimum absolute atomic E-state index is 0.372. The molecule has 8 heterocycles. The largest absolute Gasteiger partial charge is 0.459 e. The molecule has 0 amide bonds. The van der Waals surface area contributed by atoms with Crippen LogP contribution in [0.4, 0.5) is 22.7 Å². The van der Waals surface area contributed by atoms with E-state index in [1.54, 1.807) is 5.70 Å². The van der Waals surface area contributed by atoms with Crippen molar-refractivity contribution < 1.29 is 27.0 Å². The lowest BCUT2D eigenvalue weighted by atomic mass is 9.98. The number of benzene rings is 8. The van der Waals surface area contributed by atoms with Crippen molar-refractivity contribution in [3.63, 3.8) is 0 Å². The molecule has 7 aliphatic carbocycles. The normalized spacial score (nSPS) is 16.1. The maximum absolute atomic E-state index is 6.40. The first kappa shape index (κ1) is 108. The molecule has 9 aliphatic rings. The van der Waals surface area contributed by atoms with Gasteiger partial charge in [0.1, 0.15) is 67.1 Å². The van der Waals surface area contributed by atoms with E-state index in [0.29, 0.717) is 24.2 Å². The summed E-state index contributed by atoms with van der Waals surface area (Å²) in [6.07, 6.45) is 22.6. The SMILES string of the molecule is CC.CC.CC.CC.CC.CC.CC.CC.CC.CC.CC.CC.CC.Cc1ccc2c(oc3ccccc32)c1-c1c2c(cc[n+]1C)C2.Cc1ccc2c(oc3ccccc32)c1-c1cc2c(c[n+]1C)C2.Cc1ccc2c3c(oc2c1-c1cccc[n+]1C)C1CC1C=C3.Cc1ccccc1N1C2=C(C=CC3CC23)N(C)[C@@H]1C.Cc1ccccc1N1c2cc3c(cc2N(C)[C@@H]1C)C3. The Balaban J connectivity index is 0.000000235. The van der Waals surface area contributed by atoms with Crippen LogP contribution in [0.15, 0.2) is 237 Å². The smallest absolute Gasteiger partial charge is 0.220 e. The number of nitrogens with zero attached hydrogens (tertiary/aromatic N) is 7. The molecule has 696 valence electrons. The third-order valence-corrected chi connectivity index (χ3v) is 24.0. The molecule has 2 saturated carbocycles. The van der Waals surface area contributed by atoms with Gasteiger partial charge in [-0.3, -0.25) is 0 Å². The molecule has 6 atom stereocenters. The molecule has 0 N–H and O–H groups in total. The summed E-state index contributed by atoms with van der Waals surface area (Å²) < 4.78 is 25.5. The molecular weight excluding hydrogens is 1590 g/mol. The van der Waals surface area contributed by atoms with Crippen LogP contribution in [0.5, 0.6) is 0 Å². The lowest BCUT2D eigenvalue weighted by Gasteiger charge is -2.31. The van der Waals surface area contributed by atoms with Crippen molar-refractivity contribution in [1.29, 1.82) is 0 Å². The number of pyridine rings is 3. The van der Waals surface area contributed by atoms with E-state index in [2.05, 4.69) is 312 Å². The van der Waals surface area contributed by atoms with Crippen LogP contribution in [0.25, 0.3) is 94.7 Å². The fraction of sp³-hybridized carbons (Fsp3) is 0.408. The Morgan fingerprint density at radius 3 is 1.32 bits per heavy atom. The van der Waals surface area contributed by atoms with Crippen LogP contribution < -0.4 is 28.4 Å². The summed E-state index contributed by atoms with van der Waals surface area (Å²) in [5.74, 6) is 4.08. The van der Waals surface area contributed by atoms with E-state index in [0.717, 1.165) is 52.6 Å². The fourth-order valence-corrected chi connectivity index (χ4v) is 17.5. The number of fused-ring (bicyclic) bond motifs is 17. The zero-order valence-electron chi connectivity index (χ0n) is 87.6. The second-order valence-corrected chi connectivity index (χ2v) is 30.7. The molecule has 0 bridgehead atoms. The number of hydrogen-bond donors (Lipinski definition) is 0. The van der Waals surface area contributed by atoms with Gasteiger partial charge >= 0.3 is 0 Å². The number of aryl methyl sites for hydroxylation is 8. The summed E-state index contributed by atoms with van der Waals surface area (Å²) in [6.45, 7) is 67.5.